The SMILES string of the molecule is CC(O)C(N)C(=O)O.N=C(N)NCCCC(N)C(=O)O.NC(CO)C(=O)O.NC(Cc1ccccc1)C(=O)O.NCCCCC(N)C(=O)O. The van der Waals surface area contributed by atoms with Gasteiger partial charge in [0.15, 0.2) is 5.96 Å². The first kappa shape index (κ1) is 51.4. The number of carbonyl (C=O) groups is 5. The largest absolute Gasteiger partial charge is 0.480 e. The molecule has 0 saturated carbocycles. The van der Waals surface area contributed by atoms with Gasteiger partial charge in [-0.3, -0.25) is 29.4 Å². The summed E-state index contributed by atoms with van der Waals surface area (Å²) in [6, 6.07) is 4.72. The highest BCUT2D eigenvalue weighted by molar-refractivity contribution is 5.75. The van der Waals surface area contributed by atoms with Crippen LogP contribution in [-0.4, -0.2) is 128 Å². The molecule has 0 aliphatic heterocycles. The second kappa shape index (κ2) is 32.1. The van der Waals surface area contributed by atoms with Crippen LogP contribution in [-0.2, 0) is 30.4 Å². The van der Waals surface area contributed by atoms with Crippen molar-refractivity contribution >= 4 is 35.8 Å². The number of hydrogen-bond donors (Lipinski definition) is 16. The van der Waals surface area contributed by atoms with Crippen LogP contribution >= 0.6 is 0 Å². The highest BCUT2D eigenvalue weighted by Gasteiger charge is 2.16. The molecule has 1 rings (SSSR count). The first-order valence-corrected chi connectivity index (χ1v) is 14.7. The standard InChI is InChI=1S/C9H11NO2.C6H14N4O2.C6H14N2O2.C4H9NO3.C3H7NO3/c10-8(9(11)12)6-7-4-2-1-3-5-7;7-4(5(11)12)2-1-3-10-6(8)9;7-4-2-1-3-5(8)6(9)10;1-2(6)3(5)4(7)8;4-2(1-5)3(6)7/h1-5,8H,6,10H2,(H,11,12);4H,1-3,7H2,(H,11,12)(H4,8,9,10);5H,1-4,7-8H2,(H,9,10);2-3,6H,5H2,1H3,(H,7,8);2,5H,1,4H2,(H,6,7). The third kappa shape index (κ3) is 36.2. The van der Waals surface area contributed by atoms with E-state index in [4.69, 9.17) is 81.3 Å². The normalized spacial score (nSPS) is 13.4. The van der Waals surface area contributed by atoms with Crippen LogP contribution in [0, 0.1) is 5.41 Å². The van der Waals surface area contributed by atoms with Gasteiger partial charge >= 0.3 is 29.8 Å². The summed E-state index contributed by atoms with van der Waals surface area (Å²) in [5.41, 5.74) is 36.6. The molecule has 21 heteroatoms. The maximum absolute atomic E-state index is 10.4. The molecule has 23 N–H and O–H groups in total. The number of carboxylic acid groups (broad SMARTS) is 5. The Kier molecular flexibility index (Phi) is 33.6. The average molecular weight is 710 g/mol. The van der Waals surface area contributed by atoms with Gasteiger partial charge in [0.25, 0.3) is 0 Å². The van der Waals surface area contributed by atoms with Crippen LogP contribution in [0.2, 0.25) is 0 Å². The summed E-state index contributed by atoms with van der Waals surface area (Å²) in [7, 11) is 0. The number of aliphatic carboxylic acids is 5. The molecule has 0 spiro atoms. The number of hydrogen-bond acceptors (Lipinski definition) is 14. The van der Waals surface area contributed by atoms with Gasteiger partial charge in [-0.1, -0.05) is 36.8 Å². The van der Waals surface area contributed by atoms with E-state index in [0.29, 0.717) is 38.8 Å². The van der Waals surface area contributed by atoms with E-state index in [9.17, 15) is 24.0 Å². The lowest BCUT2D eigenvalue weighted by Crippen LogP contribution is -2.39. The quantitative estimate of drug-likeness (QED) is 0.0416. The zero-order chi connectivity index (χ0) is 39.1. The fraction of sp³-hybridized carbons (Fsp3) is 0.571. The van der Waals surface area contributed by atoms with E-state index in [1.54, 1.807) is 0 Å². The second-order valence-corrected chi connectivity index (χ2v) is 10.0. The van der Waals surface area contributed by atoms with Crippen LogP contribution in [0.3, 0.4) is 0 Å². The Morgan fingerprint density at radius 2 is 1.14 bits per heavy atom. The van der Waals surface area contributed by atoms with Crippen LogP contribution in [0.1, 0.15) is 44.6 Å². The molecule has 0 heterocycles. The maximum Gasteiger partial charge on any atom is 0.323 e. The van der Waals surface area contributed by atoms with Crippen molar-refractivity contribution < 1.29 is 59.7 Å². The molecule has 0 saturated heterocycles. The van der Waals surface area contributed by atoms with Crippen molar-refractivity contribution in [1.29, 1.82) is 5.41 Å². The molecule has 1 aromatic rings. The highest BCUT2D eigenvalue weighted by atomic mass is 16.4. The van der Waals surface area contributed by atoms with Crippen LogP contribution in [0.15, 0.2) is 30.3 Å². The number of aliphatic hydroxyl groups is 2. The number of aliphatic hydroxyl groups excluding tert-OH is 2. The van der Waals surface area contributed by atoms with E-state index in [0.717, 1.165) is 18.4 Å². The molecule has 6 atom stereocenters. The van der Waals surface area contributed by atoms with Crippen LogP contribution < -0.4 is 45.5 Å². The molecule has 0 aliphatic rings. The van der Waals surface area contributed by atoms with Gasteiger partial charge in [-0.15, -0.1) is 0 Å². The number of nitrogens with one attached hydrogen (secondary N) is 2. The Morgan fingerprint density at radius 3 is 1.43 bits per heavy atom. The minimum atomic E-state index is -1.18. The van der Waals surface area contributed by atoms with Gasteiger partial charge in [-0.2, -0.15) is 0 Å². The van der Waals surface area contributed by atoms with Gasteiger partial charge in [-0.25, -0.2) is 0 Å². The van der Waals surface area contributed by atoms with Gasteiger partial charge in [0.2, 0.25) is 0 Å². The van der Waals surface area contributed by atoms with Gasteiger partial charge < -0.3 is 81.2 Å². The van der Waals surface area contributed by atoms with E-state index in [2.05, 4.69) is 5.32 Å². The van der Waals surface area contributed by atoms with Crippen LogP contribution in [0.4, 0.5) is 0 Å². The Morgan fingerprint density at radius 1 is 0.714 bits per heavy atom. The molecule has 284 valence electrons. The Balaban J connectivity index is -0.000000262. The maximum atomic E-state index is 10.4. The minimum Gasteiger partial charge on any atom is -0.480 e. The third-order valence-corrected chi connectivity index (χ3v) is 5.55. The topological polar surface area (TPSA) is 445 Å². The van der Waals surface area contributed by atoms with E-state index < -0.39 is 72.8 Å². The Hall–Kier alpha value is -4.48. The van der Waals surface area contributed by atoms with Crippen molar-refractivity contribution in [2.75, 3.05) is 19.7 Å². The summed E-state index contributed by atoms with van der Waals surface area (Å²) in [5.74, 6) is -5.37. The van der Waals surface area contributed by atoms with Crippen molar-refractivity contribution in [2.45, 2.75) is 81.8 Å². The molecule has 0 amide bonds. The van der Waals surface area contributed by atoms with E-state index in [1.165, 1.54) is 6.92 Å². The second-order valence-electron chi connectivity index (χ2n) is 10.0. The Bertz CT molecular complexity index is 1070. The number of unbranched alkanes of at least 4 members (excludes halogenated alkanes) is 1. The molecule has 0 bridgehead atoms. The van der Waals surface area contributed by atoms with Crippen LogP contribution in [0.5, 0.6) is 0 Å². The highest BCUT2D eigenvalue weighted by Crippen LogP contribution is 2.01. The van der Waals surface area contributed by atoms with E-state index >= 15 is 0 Å². The van der Waals surface area contributed by atoms with Crippen molar-refractivity contribution in [1.82, 2.24) is 5.32 Å². The van der Waals surface area contributed by atoms with E-state index in [-0.39, 0.29) is 5.96 Å². The predicted octanol–water partition coefficient (Wildman–Crippen LogP) is -4.00. The molecule has 0 radical (unpaired) electrons. The molecule has 0 fully saturated rings. The Labute approximate surface area is 283 Å². The van der Waals surface area contributed by atoms with Crippen molar-refractivity contribution in [3.63, 3.8) is 0 Å². The fourth-order valence-corrected chi connectivity index (χ4v) is 2.54. The summed E-state index contributed by atoms with van der Waals surface area (Å²) >= 11 is 0. The monoisotopic (exact) mass is 709 g/mol. The molecule has 21 nitrogen and oxygen atoms in total. The number of carboxylic acids is 5. The van der Waals surface area contributed by atoms with Crippen molar-refractivity contribution in [3.05, 3.63) is 35.9 Å². The summed E-state index contributed by atoms with van der Waals surface area (Å²) in [6.45, 7) is 1.91. The van der Waals surface area contributed by atoms with Gasteiger partial charge in [0, 0.05) is 6.54 Å². The molecule has 49 heavy (non-hydrogen) atoms. The zero-order valence-corrected chi connectivity index (χ0v) is 27.4. The number of benzene rings is 1. The number of guanidine groups is 1. The molecular formula is C28H55N9O12. The molecule has 0 aliphatic carbocycles. The summed E-state index contributed by atoms with van der Waals surface area (Å²) in [6.07, 6.45) is 2.54. The molecule has 0 aromatic heterocycles. The summed E-state index contributed by atoms with van der Waals surface area (Å²) in [4.78, 5) is 50.2. The van der Waals surface area contributed by atoms with Gasteiger partial charge in [-0.05, 0) is 51.1 Å². The third-order valence-electron chi connectivity index (χ3n) is 5.55. The smallest absolute Gasteiger partial charge is 0.323 e. The minimum absolute atomic E-state index is 0.112. The number of nitrogens with two attached hydrogens (primary N) is 7. The summed E-state index contributed by atoms with van der Waals surface area (Å²) < 4.78 is 0. The van der Waals surface area contributed by atoms with Crippen molar-refractivity contribution in [2.24, 2.45) is 40.1 Å². The van der Waals surface area contributed by atoms with Gasteiger partial charge in [0.05, 0.1) is 12.7 Å². The lowest BCUT2D eigenvalue weighted by atomic mass is 10.1. The first-order valence-electron chi connectivity index (χ1n) is 14.7. The molecule has 6 unspecified atom stereocenters. The number of rotatable bonds is 17. The molecular weight excluding hydrogens is 654 g/mol. The summed E-state index contributed by atoms with van der Waals surface area (Å²) in [5, 5.41) is 67.0. The van der Waals surface area contributed by atoms with Gasteiger partial charge in [0.1, 0.15) is 30.2 Å². The van der Waals surface area contributed by atoms with Crippen LogP contribution in [0.25, 0.3) is 0 Å². The molecule has 1 aromatic carbocycles. The predicted molar refractivity (Wildman–Crippen MR) is 179 cm³/mol. The first-order chi connectivity index (χ1) is 22.6. The fourth-order valence-electron chi connectivity index (χ4n) is 2.54. The van der Waals surface area contributed by atoms with Crippen molar-refractivity contribution in [3.8, 4) is 0 Å². The zero-order valence-electron chi connectivity index (χ0n) is 27.4. The average Bonchev–Trinajstić information content (AvgIpc) is 3.03. The lowest BCUT2D eigenvalue weighted by molar-refractivity contribution is -0.141. The lowest BCUT2D eigenvalue weighted by Gasteiger charge is -2.06. The van der Waals surface area contributed by atoms with E-state index in [1.807, 2.05) is 30.3 Å².